The second kappa shape index (κ2) is 6.81. The largest absolute Gasteiger partial charge is 0.496 e. The predicted molar refractivity (Wildman–Crippen MR) is 98.2 cm³/mol. The highest BCUT2D eigenvalue weighted by Gasteiger charge is 2.49. The highest BCUT2D eigenvalue weighted by atomic mass is 35.5. The van der Waals surface area contributed by atoms with Crippen LogP contribution in [0, 0.1) is 11.8 Å². The first-order valence-corrected chi connectivity index (χ1v) is 9.29. The molecule has 128 valence electrons. The van der Waals surface area contributed by atoms with E-state index in [-0.39, 0.29) is 0 Å². The fourth-order valence-electron chi connectivity index (χ4n) is 4.84. The third-order valence-corrected chi connectivity index (χ3v) is 6.10. The van der Waals surface area contributed by atoms with E-state index in [0.717, 1.165) is 41.3 Å². The number of halogens is 1. The summed E-state index contributed by atoms with van der Waals surface area (Å²) in [5, 5.41) is 4.61. The van der Waals surface area contributed by atoms with Gasteiger partial charge in [0, 0.05) is 35.8 Å². The van der Waals surface area contributed by atoms with Crippen molar-refractivity contribution in [3.63, 3.8) is 0 Å². The Balaban J connectivity index is 1.49. The number of ether oxygens (including phenoxy) is 1. The molecule has 1 N–H and O–H groups in total. The molecular weight excluding hydrogens is 320 g/mol. The van der Waals surface area contributed by atoms with Gasteiger partial charge in [-0.1, -0.05) is 23.8 Å². The SMILES string of the molecule is COc1ccc(Cl)cc1CNC1C2CCC(C2)C1N1C=CC=CC1. The lowest BCUT2D eigenvalue weighted by atomic mass is 9.88. The quantitative estimate of drug-likeness (QED) is 0.874. The van der Waals surface area contributed by atoms with E-state index in [1.54, 1.807) is 7.11 Å². The minimum absolute atomic E-state index is 0.545. The average molecular weight is 345 g/mol. The molecule has 1 aliphatic heterocycles. The lowest BCUT2D eigenvalue weighted by molar-refractivity contribution is 0.167. The van der Waals surface area contributed by atoms with Gasteiger partial charge in [-0.15, -0.1) is 0 Å². The number of benzene rings is 1. The number of methoxy groups -OCH3 is 1. The Morgan fingerprint density at radius 1 is 1.25 bits per heavy atom. The Morgan fingerprint density at radius 2 is 2.12 bits per heavy atom. The van der Waals surface area contributed by atoms with Crippen LogP contribution in [0.25, 0.3) is 0 Å². The molecule has 4 atom stereocenters. The summed E-state index contributed by atoms with van der Waals surface area (Å²) in [7, 11) is 1.72. The zero-order chi connectivity index (χ0) is 16.5. The molecule has 2 aliphatic carbocycles. The van der Waals surface area contributed by atoms with E-state index < -0.39 is 0 Å². The molecule has 1 aromatic rings. The predicted octanol–water partition coefficient (Wildman–Crippen LogP) is 3.99. The molecule has 4 heteroatoms. The van der Waals surface area contributed by atoms with Crippen LogP contribution in [0.3, 0.4) is 0 Å². The fraction of sp³-hybridized carbons (Fsp3) is 0.500. The van der Waals surface area contributed by atoms with Crippen molar-refractivity contribution in [3.05, 3.63) is 53.2 Å². The standard InChI is InChI=1S/C20H25ClN2O/c1-24-18-8-7-17(21)12-16(18)13-22-19-14-5-6-15(11-14)20(19)23-9-3-2-4-10-23/h2-4,7-9,12,14-15,19-20,22H,5-6,10-11,13H2,1H3. The van der Waals surface area contributed by atoms with Crippen LogP contribution in [-0.4, -0.2) is 30.6 Å². The van der Waals surface area contributed by atoms with Gasteiger partial charge in [-0.3, -0.25) is 0 Å². The van der Waals surface area contributed by atoms with Crippen molar-refractivity contribution in [2.24, 2.45) is 11.8 Å². The van der Waals surface area contributed by atoms with Crippen molar-refractivity contribution in [2.75, 3.05) is 13.7 Å². The van der Waals surface area contributed by atoms with Gasteiger partial charge in [-0.2, -0.15) is 0 Å². The maximum atomic E-state index is 6.17. The molecular formula is C20H25ClN2O. The van der Waals surface area contributed by atoms with Crippen LogP contribution >= 0.6 is 11.6 Å². The average Bonchev–Trinajstić information content (AvgIpc) is 3.22. The summed E-state index contributed by atoms with van der Waals surface area (Å²) < 4.78 is 5.49. The van der Waals surface area contributed by atoms with E-state index >= 15 is 0 Å². The summed E-state index contributed by atoms with van der Waals surface area (Å²) in [6.07, 6.45) is 12.9. The summed E-state index contributed by atoms with van der Waals surface area (Å²) >= 11 is 6.17. The number of rotatable bonds is 5. The van der Waals surface area contributed by atoms with Crippen LogP contribution in [0.5, 0.6) is 5.75 Å². The Hall–Kier alpha value is -1.45. The third-order valence-electron chi connectivity index (χ3n) is 5.87. The van der Waals surface area contributed by atoms with Crippen LogP contribution in [-0.2, 0) is 6.54 Å². The minimum atomic E-state index is 0.545. The smallest absolute Gasteiger partial charge is 0.123 e. The Kier molecular flexibility index (Phi) is 4.55. The summed E-state index contributed by atoms with van der Waals surface area (Å²) in [6.45, 7) is 1.84. The first kappa shape index (κ1) is 16.0. The molecule has 0 aromatic heterocycles. The van der Waals surface area contributed by atoms with Crippen molar-refractivity contribution in [2.45, 2.75) is 37.9 Å². The third kappa shape index (κ3) is 2.96. The van der Waals surface area contributed by atoms with Crippen molar-refractivity contribution >= 4 is 11.6 Å². The molecule has 2 bridgehead atoms. The van der Waals surface area contributed by atoms with Crippen LogP contribution < -0.4 is 10.1 Å². The van der Waals surface area contributed by atoms with Gasteiger partial charge in [-0.05, 0) is 61.6 Å². The Morgan fingerprint density at radius 3 is 2.92 bits per heavy atom. The topological polar surface area (TPSA) is 24.5 Å². The van der Waals surface area contributed by atoms with Gasteiger partial charge in [0.2, 0.25) is 0 Å². The molecule has 4 rings (SSSR count). The number of nitrogens with zero attached hydrogens (tertiary/aromatic N) is 1. The van der Waals surface area contributed by atoms with Gasteiger partial charge in [0.1, 0.15) is 5.75 Å². The zero-order valence-electron chi connectivity index (χ0n) is 14.1. The number of allylic oxidation sites excluding steroid dienone is 2. The van der Waals surface area contributed by atoms with E-state index in [9.17, 15) is 0 Å². The van der Waals surface area contributed by atoms with Gasteiger partial charge in [0.15, 0.2) is 0 Å². The molecule has 2 fully saturated rings. The Labute approximate surface area is 149 Å². The van der Waals surface area contributed by atoms with Gasteiger partial charge in [0.05, 0.1) is 7.11 Å². The molecule has 1 heterocycles. The summed E-state index contributed by atoms with van der Waals surface area (Å²) in [4.78, 5) is 2.52. The molecule has 0 amide bonds. The normalized spacial score (nSPS) is 31.0. The molecule has 3 aliphatic rings. The van der Waals surface area contributed by atoms with E-state index in [2.05, 4.69) is 34.6 Å². The van der Waals surface area contributed by atoms with Crippen molar-refractivity contribution in [1.29, 1.82) is 0 Å². The first-order valence-electron chi connectivity index (χ1n) is 8.91. The van der Waals surface area contributed by atoms with E-state index in [4.69, 9.17) is 16.3 Å². The first-order chi connectivity index (χ1) is 11.8. The highest BCUT2D eigenvalue weighted by Crippen LogP contribution is 2.47. The van der Waals surface area contributed by atoms with Crippen LogP contribution in [0.1, 0.15) is 24.8 Å². The molecule has 2 saturated carbocycles. The van der Waals surface area contributed by atoms with Gasteiger partial charge in [-0.25, -0.2) is 0 Å². The van der Waals surface area contributed by atoms with E-state index in [0.29, 0.717) is 12.1 Å². The van der Waals surface area contributed by atoms with Crippen molar-refractivity contribution in [1.82, 2.24) is 10.2 Å². The monoisotopic (exact) mass is 344 g/mol. The fourth-order valence-corrected chi connectivity index (χ4v) is 5.04. The van der Waals surface area contributed by atoms with Crippen LogP contribution in [0.4, 0.5) is 0 Å². The lowest BCUT2D eigenvalue weighted by Crippen LogP contribution is -2.51. The van der Waals surface area contributed by atoms with Gasteiger partial charge < -0.3 is 15.0 Å². The van der Waals surface area contributed by atoms with E-state index in [1.165, 1.54) is 19.3 Å². The molecule has 24 heavy (non-hydrogen) atoms. The summed E-state index contributed by atoms with van der Waals surface area (Å²) in [5.74, 6) is 2.53. The van der Waals surface area contributed by atoms with Gasteiger partial charge >= 0.3 is 0 Å². The number of fused-ring (bicyclic) bond motifs is 2. The molecule has 0 radical (unpaired) electrons. The summed E-state index contributed by atoms with van der Waals surface area (Å²) in [6, 6.07) is 7.00. The zero-order valence-corrected chi connectivity index (χ0v) is 14.9. The number of hydrogen-bond donors (Lipinski definition) is 1. The Bertz CT molecular complexity index is 657. The second-order valence-electron chi connectivity index (χ2n) is 7.15. The maximum Gasteiger partial charge on any atom is 0.123 e. The molecule has 3 nitrogen and oxygen atoms in total. The second-order valence-corrected chi connectivity index (χ2v) is 7.59. The molecule has 0 spiro atoms. The van der Waals surface area contributed by atoms with Crippen LogP contribution in [0.15, 0.2) is 42.6 Å². The summed E-state index contributed by atoms with van der Waals surface area (Å²) in [5.41, 5.74) is 1.14. The van der Waals surface area contributed by atoms with Crippen molar-refractivity contribution in [3.8, 4) is 5.75 Å². The highest BCUT2D eigenvalue weighted by molar-refractivity contribution is 6.30. The molecule has 1 aromatic carbocycles. The number of nitrogens with one attached hydrogen (secondary N) is 1. The van der Waals surface area contributed by atoms with Gasteiger partial charge in [0.25, 0.3) is 0 Å². The van der Waals surface area contributed by atoms with Crippen LogP contribution in [0.2, 0.25) is 5.02 Å². The lowest BCUT2D eigenvalue weighted by Gasteiger charge is -2.40. The molecule has 4 unspecified atom stereocenters. The molecule has 0 saturated heterocycles. The maximum absolute atomic E-state index is 6.17. The number of hydrogen-bond acceptors (Lipinski definition) is 3. The van der Waals surface area contributed by atoms with E-state index in [1.807, 2.05) is 18.2 Å². The minimum Gasteiger partial charge on any atom is -0.496 e. The van der Waals surface area contributed by atoms with Crippen molar-refractivity contribution < 1.29 is 4.74 Å².